The van der Waals surface area contributed by atoms with E-state index in [-0.39, 0.29) is 36.5 Å². The molecule has 2 saturated carbocycles. The number of halogens is 1. The van der Waals surface area contributed by atoms with Crippen molar-refractivity contribution in [1.82, 2.24) is 0 Å². The Balaban J connectivity index is 1.51. The van der Waals surface area contributed by atoms with Gasteiger partial charge in [-0.2, -0.15) is 0 Å². The van der Waals surface area contributed by atoms with Crippen LogP contribution in [0.5, 0.6) is 0 Å². The summed E-state index contributed by atoms with van der Waals surface area (Å²) in [5.74, 6) is 0.849. The smallest absolute Gasteiger partial charge is 0.158 e. The lowest BCUT2D eigenvalue weighted by atomic mass is 9.89. The van der Waals surface area contributed by atoms with E-state index in [0.717, 1.165) is 76.6 Å². The predicted octanol–water partition coefficient (Wildman–Crippen LogP) is 6.62. The zero-order valence-corrected chi connectivity index (χ0v) is 22.5. The number of fused-ring (bicyclic) bond motifs is 1. The number of hydrogen-bond donors (Lipinski definition) is 1. The zero-order valence-electron chi connectivity index (χ0n) is 22.5. The first-order chi connectivity index (χ1) is 17.4. The maximum Gasteiger partial charge on any atom is 0.158 e. The molecular formula is C30H47FO5. The third kappa shape index (κ3) is 7.50. The van der Waals surface area contributed by atoms with Gasteiger partial charge in [-0.25, -0.2) is 4.39 Å². The molecule has 0 amide bonds. The lowest BCUT2D eigenvalue weighted by Gasteiger charge is -2.31. The van der Waals surface area contributed by atoms with Crippen molar-refractivity contribution in [3.63, 3.8) is 0 Å². The largest absolute Gasteiger partial charge is 0.389 e. The Morgan fingerprint density at radius 1 is 1.08 bits per heavy atom. The summed E-state index contributed by atoms with van der Waals surface area (Å²) in [6.45, 7) is 7.54. The van der Waals surface area contributed by atoms with Crippen LogP contribution in [0.1, 0.15) is 85.0 Å². The summed E-state index contributed by atoms with van der Waals surface area (Å²) in [7, 11) is 0. The number of rotatable bonds is 10. The van der Waals surface area contributed by atoms with E-state index in [1.807, 2.05) is 0 Å². The maximum absolute atomic E-state index is 14.3. The SMILES string of the molecule is CC(C)=CCC(C)[C@H](/C=C/[C@@H]1[C@H]2CC(=C(F)CO)C[C@H]2C[C@H]1OC1CCCCO1)OC1CCCCO1. The highest BCUT2D eigenvalue weighted by atomic mass is 19.1. The molecule has 6 heteroatoms. The summed E-state index contributed by atoms with van der Waals surface area (Å²) in [5, 5.41) is 9.35. The number of aliphatic hydroxyl groups excluding tert-OH is 1. The predicted molar refractivity (Wildman–Crippen MR) is 139 cm³/mol. The highest BCUT2D eigenvalue weighted by molar-refractivity contribution is 5.21. The van der Waals surface area contributed by atoms with E-state index in [1.54, 1.807) is 0 Å². The highest BCUT2D eigenvalue weighted by Gasteiger charge is 2.48. The molecule has 0 spiro atoms. The topological polar surface area (TPSA) is 57.2 Å². The van der Waals surface area contributed by atoms with Crippen molar-refractivity contribution in [2.45, 2.75) is 110 Å². The van der Waals surface area contributed by atoms with Crippen LogP contribution in [0.2, 0.25) is 0 Å². The Bertz CT molecular complexity index is 776. The molecule has 0 aromatic carbocycles. The number of hydrogen-bond acceptors (Lipinski definition) is 5. The van der Waals surface area contributed by atoms with Gasteiger partial charge in [-0.1, -0.05) is 30.7 Å². The van der Waals surface area contributed by atoms with Gasteiger partial charge in [0.1, 0.15) is 5.83 Å². The number of allylic oxidation sites excluding steroid dienone is 3. The van der Waals surface area contributed by atoms with Crippen LogP contribution in [0.25, 0.3) is 0 Å². The van der Waals surface area contributed by atoms with Crippen LogP contribution in [-0.4, -0.2) is 49.7 Å². The average Bonchev–Trinajstić information content (AvgIpc) is 3.44. The van der Waals surface area contributed by atoms with Crippen LogP contribution in [0.3, 0.4) is 0 Å². The van der Waals surface area contributed by atoms with Crippen LogP contribution < -0.4 is 0 Å². The summed E-state index contributed by atoms with van der Waals surface area (Å²) in [4.78, 5) is 0. The molecule has 0 aromatic rings. The lowest BCUT2D eigenvalue weighted by Crippen LogP contribution is -2.32. The van der Waals surface area contributed by atoms with Gasteiger partial charge in [0.05, 0.1) is 18.8 Å². The van der Waals surface area contributed by atoms with Crippen molar-refractivity contribution < 1.29 is 28.4 Å². The summed E-state index contributed by atoms with van der Waals surface area (Å²) in [5.41, 5.74) is 2.10. The Morgan fingerprint density at radius 3 is 2.44 bits per heavy atom. The lowest BCUT2D eigenvalue weighted by molar-refractivity contribution is -0.193. The maximum atomic E-state index is 14.3. The first-order valence-corrected chi connectivity index (χ1v) is 14.3. The van der Waals surface area contributed by atoms with E-state index in [0.29, 0.717) is 24.2 Å². The molecule has 4 fully saturated rings. The van der Waals surface area contributed by atoms with E-state index >= 15 is 0 Å². The fourth-order valence-corrected chi connectivity index (χ4v) is 6.36. The highest BCUT2D eigenvalue weighted by Crippen LogP contribution is 2.52. The molecule has 2 saturated heterocycles. The Hall–Kier alpha value is -1.05. The second-order valence-corrected chi connectivity index (χ2v) is 11.6. The van der Waals surface area contributed by atoms with Crippen molar-refractivity contribution in [1.29, 1.82) is 0 Å². The van der Waals surface area contributed by atoms with Gasteiger partial charge >= 0.3 is 0 Å². The molecule has 2 aliphatic heterocycles. The molecule has 1 N–H and O–H groups in total. The molecule has 4 rings (SSSR count). The van der Waals surface area contributed by atoms with Gasteiger partial charge in [-0.15, -0.1) is 0 Å². The normalized spacial score (nSPS) is 36.0. The Labute approximate surface area is 217 Å². The van der Waals surface area contributed by atoms with E-state index < -0.39 is 6.61 Å². The van der Waals surface area contributed by atoms with Crippen molar-refractivity contribution in [2.75, 3.05) is 19.8 Å². The summed E-state index contributed by atoms with van der Waals surface area (Å²) in [6.07, 6.45) is 16.2. The molecule has 204 valence electrons. The summed E-state index contributed by atoms with van der Waals surface area (Å²) >= 11 is 0. The fourth-order valence-electron chi connectivity index (χ4n) is 6.36. The Kier molecular flexibility index (Phi) is 10.6. The van der Waals surface area contributed by atoms with Gasteiger partial charge in [0.2, 0.25) is 0 Å². The minimum absolute atomic E-state index is 0.0556. The minimum atomic E-state index is -0.496. The summed E-state index contributed by atoms with van der Waals surface area (Å²) in [6, 6.07) is 0. The van der Waals surface area contributed by atoms with E-state index in [4.69, 9.17) is 18.9 Å². The fraction of sp³-hybridized carbons (Fsp3) is 0.800. The second-order valence-electron chi connectivity index (χ2n) is 11.6. The number of aliphatic hydroxyl groups is 1. The van der Waals surface area contributed by atoms with Gasteiger partial charge in [0, 0.05) is 19.1 Å². The van der Waals surface area contributed by atoms with Crippen LogP contribution in [0, 0.1) is 23.7 Å². The molecule has 0 radical (unpaired) electrons. The Morgan fingerprint density at radius 2 is 1.81 bits per heavy atom. The van der Waals surface area contributed by atoms with Crippen molar-refractivity contribution >= 4 is 0 Å². The van der Waals surface area contributed by atoms with Gasteiger partial charge in [-0.05, 0) is 101 Å². The molecule has 3 unspecified atom stereocenters. The van der Waals surface area contributed by atoms with Gasteiger partial charge in [-0.3, -0.25) is 0 Å². The molecule has 4 aliphatic rings. The van der Waals surface area contributed by atoms with Crippen LogP contribution in [0.15, 0.2) is 35.2 Å². The molecule has 5 nitrogen and oxygen atoms in total. The molecule has 2 aliphatic carbocycles. The quantitative estimate of drug-likeness (QED) is 0.338. The van der Waals surface area contributed by atoms with Crippen LogP contribution in [-0.2, 0) is 18.9 Å². The first kappa shape index (κ1) is 28.0. The third-order valence-corrected chi connectivity index (χ3v) is 8.47. The molecule has 2 heterocycles. The van der Waals surface area contributed by atoms with Crippen molar-refractivity contribution in [2.24, 2.45) is 23.7 Å². The molecule has 36 heavy (non-hydrogen) atoms. The van der Waals surface area contributed by atoms with Crippen LogP contribution >= 0.6 is 0 Å². The van der Waals surface area contributed by atoms with E-state index in [9.17, 15) is 9.50 Å². The van der Waals surface area contributed by atoms with Crippen molar-refractivity contribution in [3.05, 3.63) is 35.2 Å². The van der Waals surface area contributed by atoms with E-state index in [2.05, 4.69) is 39.0 Å². The van der Waals surface area contributed by atoms with Gasteiger partial charge < -0.3 is 24.1 Å². The zero-order chi connectivity index (χ0) is 25.5. The van der Waals surface area contributed by atoms with Crippen LogP contribution in [0.4, 0.5) is 4.39 Å². The van der Waals surface area contributed by atoms with Gasteiger partial charge in [0.15, 0.2) is 12.6 Å². The van der Waals surface area contributed by atoms with Crippen molar-refractivity contribution in [3.8, 4) is 0 Å². The minimum Gasteiger partial charge on any atom is -0.389 e. The molecule has 0 aromatic heterocycles. The monoisotopic (exact) mass is 506 g/mol. The average molecular weight is 507 g/mol. The molecular weight excluding hydrogens is 459 g/mol. The third-order valence-electron chi connectivity index (χ3n) is 8.47. The van der Waals surface area contributed by atoms with Gasteiger partial charge in [0.25, 0.3) is 0 Å². The standard InChI is InChI=1S/C30H47FO5/c1-20(2)10-11-21(3)27(35-29-8-4-6-14-33-29)13-12-24-25-17-23(26(31)19-32)16-22(25)18-28(24)36-30-9-5-7-15-34-30/h10,12-13,21-22,24-25,27-30,32H,4-9,11,14-19H2,1-3H3/b13-12+,26-23?/t21?,22-,24+,25-,27-,28+,29?,30?/m0/s1. The number of ether oxygens (including phenoxy) is 4. The second kappa shape index (κ2) is 13.7. The van der Waals surface area contributed by atoms with E-state index in [1.165, 1.54) is 5.57 Å². The first-order valence-electron chi connectivity index (χ1n) is 14.3. The molecule has 8 atom stereocenters. The molecule has 0 bridgehead atoms. The summed E-state index contributed by atoms with van der Waals surface area (Å²) < 4.78 is 39.2.